The number of piperidine rings is 1. The SMILES string of the molecule is COc1cccnc1CC(=O)N1CC[C@]23CCN(CC4CC4)[C@H](Cc4ccc(O)cc42)[C@]3(O)CC1. The van der Waals surface area contributed by atoms with Crippen LogP contribution in [0.4, 0.5) is 0 Å². The average molecular weight is 478 g/mol. The number of pyridine rings is 1. The van der Waals surface area contributed by atoms with E-state index in [0.29, 0.717) is 37.4 Å². The van der Waals surface area contributed by atoms with Gasteiger partial charge in [-0.2, -0.15) is 0 Å². The van der Waals surface area contributed by atoms with E-state index in [1.165, 1.54) is 18.4 Å². The lowest BCUT2D eigenvalue weighted by atomic mass is 9.52. The Balaban J connectivity index is 1.32. The smallest absolute Gasteiger partial charge is 0.228 e. The largest absolute Gasteiger partial charge is 0.508 e. The maximum atomic E-state index is 13.4. The van der Waals surface area contributed by atoms with Gasteiger partial charge in [0, 0.05) is 37.3 Å². The first kappa shape index (κ1) is 22.8. The van der Waals surface area contributed by atoms with Gasteiger partial charge in [-0.25, -0.2) is 0 Å². The van der Waals surface area contributed by atoms with Crippen molar-refractivity contribution in [1.82, 2.24) is 14.8 Å². The van der Waals surface area contributed by atoms with E-state index in [1.807, 2.05) is 23.1 Å². The number of amides is 1. The highest BCUT2D eigenvalue weighted by Gasteiger charge is 2.63. The third-order valence-corrected chi connectivity index (χ3v) is 9.17. The molecule has 6 rings (SSSR count). The number of rotatable bonds is 5. The number of fused-ring (bicyclic) bond motifs is 1. The van der Waals surface area contributed by atoms with E-state index < -0.39 is 11.0 Å². The summed E-state index contributed by atoms with van der Waals surface area (Å²) in [6, 6.07) is 9.37. The van der Waals surface area contributed by atoms with Crippen LogP contribution in [-0.4, -0.2) is 75.8 Å². The lowest BCUT2D eigenvalue weighted by Gasteiger charge is -2.61. The van der Waals surface area contributed by atoms with E-state index >= 15 is 0 Å². The van der Waals surface area contributed by atoms with Crippen LogP contribution in [-0.2, 0) is 23.1 Å². The van der Waals surface area contributed by atoms with Gasteiger partial charge >= 0.3 is 0 Å². The third-order valence-electron chi connectivity index (χ3n) is 9.17. The summed E-state index contributed by atoms with van der Waals surface area (Å²) in [7, 11) is 1.59. The van der Waals surface area contributed by atoms with E-state index in [9.17, 15) is 15.0 Å². The Hall–Kier alpha value is -2.64. The minimum absolute atomic E-state index is 0.0150. The van der Waals surface area contributed by atoms with Gasteiger partial charge in [-0.15, -0.1) is 0 Å². The molecule has 4 aliphatic rings. The van der Waals surface area contributed by atoms with Gasteiger partial charge < -0.3 is 19.8 Å². The molecule has 3 atom stereocenters. The second-order valence-electron chi connectivity index (χ2n) is 11.0. The molecule has 1 aromatic carbocycles. The molecular formula is C28H35N3O4. The topological polar surface area (TPSA) is 86.1 Å². The van der Waals surface area contributed by atoms with E-state index in [4.69, 9.17) is 4.74 Å². The molecule has 3 fully saturated rings. The van der Waals surface area contributed by atoms with E-state index in [0.717, 1.165) is 37.4 Å². The van der Waals surface area contributed by atoms with Crippen LogP contribution in [0.2, 0.25) is 0 Å². The number of likely N-dealkylation sites (tertiary alicyclic amines) is 2. The Labute approximate surface area is 206 Å². The molecule has 2 aromatic rings. The fourth-order valence-electron chi connectivity index (χ4n) is 7.11. The Morgan fingerprint density at radius 2 is 1.97 bits per heavy atom. The van der Waals surface area contributed by atoms with Crippen LogP contribution in [0.5, 0.6) is 11.5 Å². The standard InChI is InChI=1S/C28H35N3O4/c1-35-24-3-2-11-29-23(24)17-26(33)30-12-8-27-9-13-31(18-19-4-5-19)25(28(27,34)10-14-30)15-20-6-7-21(32)16-22(20)27/h2-3,6-7,11,16,19,25,32,34H,4-5,8-10,12-15,17-18H2,1H3/t25-,27+,28-/m1/s1. The summed E-state index contributed by atoms with van der Waals surface area (Å²) >= 11 is 0. The summed E-state index contributed by atoms with van der Waals surface area (Å²) in [5, 5.41) is 22.9. The number of nitrogens with zero attached hydrogens (tertiary/aromatic N) is 3. The van der Waals surface area contributed by atoms with Gasteiger partial charge in [0.1, 0.15) is 11.5 Å². The van der Waals surface area contributed by atoms with Gasteiger partial charge in [-0.05, 0) is 86.4 Å². The lowest BCUT2D eigenvalue weighted by Crippen LogP contribution is -2.71. The highest BCUT2D eigenvalue weighted by molar-refractivity contribution is 5.79. The molecule has 2 aliphatic heterocycles. The van der Waals surface area contributed by atoms with Crippen molar-refractivity contribution >= 4 is 5.91 Å². The first-order valence-electron chi connectivity index (χ1n) is 13.0. The van der Waals surface area contributed by atoms with Crippen molar-refractivity contribution in [3.63, 3.8) is 0 Å². The predicted octanol–water partition coefficient (Wildman–Crippen LogP) is 2.67. The molecule has 2 aliphatic carbocycles. The molecular weight excluding hydrogens is 442 g/mol. The molecule has 2 N–H and O–H groups in total. The third kappa shape index (κ3) is 3.71. The number of hydrogen-bond donors (Lipinski definition) is 2. The molecule has 7 nitrogen and oxygen atoms in total. The van der Waals surface area contributed by atoms with Crippen LogP contribution in [0.15, 0.2) is 36.5 Å². The number of hydrogen-bond acceptors (Lipinski definition) is 6. The zero-order valence-corrected chi connectivity index (χ0v) is 20.4. The van der Waals surface area contributed by atoms with Gasteiger partial charge in [0.15, 0.2) is 0 Å². The number of carbonyl (C=O) groups excluding carboxylic acids is 1. The predicted molar refractivity (Wildman–Crippen MR) is 131 cm³/mol. The minimum Gasteiger partial charge on any atom is -0.508 e. The van der Waals surface area contributed by atoms with E-state index in [1.54, 1.807) is 25.4 Å². The zero-order chi connectivity index (χ0) is 24.2. The minimum atomic E-state index is -0.932. The first-order valence-corrected chi connectivity index (χ1v) is 13.0. The number of phenolic OH excluding ortho intramolecular Hbond substituents is 1. The van der Waals surface area contributed by atoms with Crippen LogP contribution < -0.4 is 4.74 Å². The van der Waals surface area contributed by atoms with Crippen molar-refractivity contribution < 1.29 is 19.7 Å². The normalized spacial score (nSPS) is 30.2. The van der Waals surface area contributed by atoms with Gasteiger partial charge in [0.05, 0.1) is 24.8 Å². The van der Waals surface area contributed by atoms with Gasteiger partial charge in [0.25, 0.3) is 0 Å². The molecule has 3 heterocycles. The fourth-order valence-corrected chi connectivity index (χ4v) is 7.11. The number of carbonyl (C=O) groups is 1. The summed E-state index contributed by atoms with van der Waals surface area (Å²) in [5.74, 6) is 1.64. The van der Waals surface area contributed by atoms with E-state index in [2.05, 4.69) is 9.88 Å². The molecule has 2 bridgehead atoms. The summed E-state index contributed by atoms with van der Waals surface area (Å²) in [5.41, 5.74) is 1.57. The number of methoxy groups -OCH3 is 1. The van der Waals surface area contributed by atoms with Crippen LogP contribution in [0.1, 0.15) is 48.9 Å². The summed E-state index contributed by atoms with van der Waals surface area (Å²) in [6.45, 7) is 3.12. The average Bonchev–Trinajstić information content (AvgIpc) is 3.68. The van der Waals surface area contributed by atoms with Crippen molar-refractivity contribution in [2.24, 2.45) is 5.92 Å². The van der Waals surface area contributed by atoms with E-state index in [-0.39, 0.29) is 24.1 Å². The fraction of sp³-hybridized carbons (Fsp3) is 0.571. The molecule has 0 radical (unpaired) electrons. The van der Waals surface area contributed by atoms with Crippen molar-refractivity contribution in [3.8, 4) is 11.5 Å². The first-order chi connectivity index (χ1) is 16.9. The van der Waals surface area contributed by atoms with Crippen LogP contribution in [0.25, 0.3) is 0 Å². The number of aromatic hydroxyl groups is 1. The number of phenols is 1. The highest BCUT2D eigenvalue weighted by Crippen LogP contribution is 2.56. The van der Waals surface area contributed by atoms with Crippen LogP contribution >= 0.6 is 0 Å². The molecule has 0 unspecified atom stereocenters. The Morgan fingerprint density at radius 1 is 1.17 bits per heavy atom. The molecule has 186 valence electrons. The molecule has 35 heavy (non-hydrogen) atoms. The Morgan fingerprint density at radius 3 is 2.77 bits per heavy atom. The molecule has 7 heteroatoms. The number of benzene rings is 1. The Kier molecular flexibility index (Phi) is 5.53. The van der Waals surface area contributed by atoms with Crippen molar-refractivity contribution in [2.45, 2.75) is 62.0 Å². The maximum Gasteiger partial charge on any atom is 0.228 e. The molecule has 1 saturated carbocycles. The second kappa shape index (κ2) is 8.49. The zero-order valence-electron chi connectivity index (χ0n) is 20.4. The maximum absolute atomic E-state index is 13.4. The second-order valence-corrected chi connectivity index (χ2v) is 11.0. The molecule has 1 aromatic heterocycles. The van der Waals surface area contributed by atoms with Crippen molar-refractivity contribution in [2.75, 3.05) is 33.3 Å². The molecule has 1 amide bonds. The van der Waals surface area contributed by atoms with Crippen molar-refractivity contribution in [1.29, 1.82) is 0 Å². The summed E-state index contributed by atoms with van der Waals surface area (Å²) < 4.78 is 5.40. The summed E-state index contributed by atoms with van der Waals surface area (Å²) in [4.78, 5) is 22.2. The van der Waals surface area contributed by atoms with Gasteiger partial charge in [-0.3, -0.25) is 14.7 Å². The van der Waals surface area contributed by atoms with Crippen LogP contribution in [0, 0.1) is 5.92 Å². The monoisotopic (exact) mass is 477 g/mol. The number of aliphatic hydroxyl groups is 1. The number of aromatic nitrogens is 1. The van der Waals surface area contributed by atoms with Gasteiger partial charge in [-0.1, -0.05) is 6.07 Å². The Bertz CT molecular complexity index is 1130. The number of ether oxygens (including phenoxy) is 1. The summed E-state index contributed by atoms with van der Waals surface area (Å²) in [6.07, 6.45) is 7.32. The van der Waals surface area contributed by atoms with Crippen molar-refractivity contribution in [3.05, 3.63) is 53.3 Å². The van der Waals surface area contributed by atoms with Crippen LogP contribution in [0.3, 0.4) is 0 Å². The molecule has 0 spiro atoms. The molecule has 2 saturated heterocycles. The quantitative estimate of drug-likeness (QED) is 0.689. The lowest BCUT2D eigenvalue weighted by molar-refractivity contribution is -0.149. The van der Waals surface area contributed by atoms with Gasteiger partial charge in [0.2, 0.25) is 5.91 Å². The highest BCUT2D eigenvalue weighted by atomic mass is 16.5.